The lowest BCUT2D eigenvalue weighted by atomic mass is 9.79. The summed E-state index contributed by atoms with van der Waals surface area (Å²) < 4.78 is 10.7. The van der Waals surface area contributed by atoms with Crippen molar-refractivity contribution in [1.82, 2.24) is 0 Å². The van der Waals surface area contributed by atoms with E-state index in [1.165, 1.54) is 0 Å². The van der Waals surface area contributed by atoms with Crippen LogP contribution in [-0.2, 0) is 12.8 Å². The number of benzene rings is 2. The average Bonchev–Trinajstić information content (AvgIpc) is 2.79. The first kappa shape index (κ1) is 20.2. The topological polar surface area (TPSA) is 114 Å². The minimum Gasteiger partial charge on any atom is -0.497 e. The minimum absolute atomic E-state index is 0.164. The molecule has 1 aliphatic carbocycles. The third kappa shape index (κ3) is 3.47. The number of nitrogens with zero attached hydrogens (tertiary/aromatic N) is 4. The molecule has 6 heteroatoms. The molecule has 0 atom stereocenters. The molecule has 0 bridgehead atoms. The van der Waals surface area contributed by atoms with Crippen molar-refractivity contribution in [3.63, 3.8) is 0 Å². The largest absolute Gasteiger partial charge is 0.497 e. The molecule has 0 amide bonds. The number of fused-ring (bicyclic) bond motifs is 2. The molecule has 0 N–H and O–H groups in total. The Morgan fingerprint density at radius 2 is 1.03 bits per heavy atom. The summed E-state index contributed by atoms with van der Waals surface area (Å²) in [5.41, 5.74) is 3.21. The molecule has 0 heterocycles. The zero-order chi connectivity index (χ0) is 21.7. The number of methoxy groups -OCH3 is 2. The van der Waals surface area contributed by atoms with E-state index in [0.29, 0.717) is 35.5 Å². The molecule has 1 aliphatic rings. The molecular formula is C24H16N4O2. The second kappa shape index (κ2) is 8.66. The number of aryl methyl sites for hydroxylation is 2. The number of ether oxygens (including phenoxy) is 2. The van der Waals surface area contributed by atoms with Gasteiger partial charge in [0.2, 0.25) is 0 Å². The number of hydrogen-bond donors (Lipinski definition) is 0. The van der Waals surface area contributed by atoms with Gasteiger partial charge in [-0.1, -0.05) is 12.1 Å². The summed E-state index contributed by atoms with van der Waals surface area (Å²) in [5, 5.41) is 38.7. The summed E-state index contributed by atoms with van der Waals surface area (Å²) in [7, 11) is 3.12. The van der Waals surface area contributed by atoms with Crippen LogP contribution in [0, 0.1) is 45.3 Å². The third-order valence-electron chi connectivity index (χ3n) is 5.02. The highest BCUT2D eigenvalue weighted by molar-refractivity contribution is 6.12. The first-order chi connectivity index (χ1) is 14.6. The van der Waals surface area contributed by atoms with Crippen molar-refractivity contribution < 1.29 is 9.47 Å². The number of rotatable bonds is 2. The van der Waals surface area contributed by atoms with Crippen LogP contribution < -0.4 is 9.47 Å². The molecule has 0 aromatic heterocycles. The lowest BCUT2D eigenvalue weighted by molar-refractivity contribution is 0.413. The summed E-state index contributed by atoms with van der Waals surface area (Å²) in [4.78, 5) is 0. The number of nitriles is 4. The Morgan fingerprint density at radius 3 is 1.33 bits per heavy atom. The summed E-state index contributed by atoms with van der Waals surface area (Å²) in [6, 6.07) is 18.4. The van der Waals surface area contributed by atoms with Gasteiger partial charge in [0.25, 0.3) is 0 Å². The van der Waals surface area contributed by atoms with Crippen molar-refractivity contribution in [2.24, 2.45) is 0 Å². The average molecular weight is 392 g/mol. The van der Waals surface area contributed by atoms with Gasteiger partial charge in [0, 0.05) is 11.1 Å². The van der Waals surface area contributed by atoms with Crippen molar-refractivity contribution in [2.75, 3.05) is 14.2 Å². The molecule has 0 unspecified atom stereocenters. The lowest BCUT2D eigenvalue weighted by Crippen LogP contribution is -2.09. The van der Waals surface area contributed by atoms with Crippen molar-refractivity contribution >= 4 is 11.1 Å². The van der Waals surface area contributed by atoms with Crippen molar-refractivity contribution in [2.45, 2.75) is 12.8 Å². The van der Waals surface area contributed by atoms with Crippen LogP contribution >= 0.6 is 0 Å². The van der Waals surface area contributed by atoms with Gasteiger partial charge in [-0.05, 0) is 59.4 Å². The summed E-state index contributed by atoms with van der Waals surface area (Å²) in [5.74, 6) is 1.28. The molecule has 144 valence electrons. The monoisotopic (exact) mass is 392 g/mol. The molecule has 2 aromatic carbocycles. The standard InChI is InChI=1S/C24H16N4O2/c1-29-19-5-7-21-15(9-19)3-4-16-10-20(30-2)6-8-22(16)24(18(13-27)14-28)23(21)17(11-25)12-26/h5-10H,3-4H2,1-2H3. The highest BCUT2D eigenvalue weighted by Gasteiger charge is 2.27. The van der Waals surface area contributed by atoms with E-state index in [1.807, 2.05) is 36.4 Å². The number of hydrogen-bond acceptors (Lipinski definition) is 6. The minimum atomic E-state index is -0.164. The van der Waals surface area contributed by atoms with Crippen LogP contribution in [0.4, 0.5) is 0 Å². The Morgan fingerprint density at radius 1 is 0.667 bits per heavy atom. The molecule has 0 fully saturated rings. The molecule has 0 spiro atoms. The highest BCUT2D eigenvalue weighted by atomic mass is 16.5. The molecule has 0 saturated carbocycles. The summed E-state index contributed by atoms with van der Waals surface area (Å²) in [6.07, 6.45) is 1.23. The normalized spacial score (nSPS) is 11.8. The van der Waals surface area contributed by atoms with E-state index >= 15 is 0 Å². The van der Waals surface area contributed by atoms with Crippen LogP contribution in [-0.4, -0.2) is 14.2 Å². The Hall–Kier alpha value is -4.52. The Labute approximate surface area is 174 Å². The van der Waals surface area contributed by atoms with Gasteiger partial charge < -0.3 is 9.47 Å². The van der Waals surface area contributed by atoms with Crippen LogP contribution in [0.25, 0.3) is 11.1 Å². The van der Waals surface area contributed by atoms with Gasteiger partial charge in [0.15, 0.2) is 0 Å². The predicted molar refractivity (Wildman–Crippen MR) is 110 cm³/mol. The van der Waals surface area contributed by atoms with Crippen LogP contribution in [0.15, 0.2) is 47.5 Å². The Balaban J connectivity index is 2.52. The molecular weight excluding hydrogens is 376 g/mol. The summed E-state index contributed by atoms with van der Waals surface area (Å²) in [6.45, 7) is 0. The maximum Gasteiger partial charge on any atom is 0.138 e. The van der Waals surface area contributed by atoms with Crippen LogP contribution in [0.5, 0.6) is 11.5 Å². The van der Waals surface area contributed by atoms with E-state index in [1.54, 1.807) is 38.5 Å². The van der Waals surface area contributed by atoms with E-state index in [-0.39, 0.29) is 22.3 Å². The van der Waals surface area contributed by atoms with Crippen LogP contribution in [0.2, 0.25) is 0 Å². The third-order valence-corrected chi connectivity index (χ3v) is 5.02. The molecule has 2 aromatic rings. The Bertz CT molecular complexity index is 1130. The van der Waals surface area contributed by atoms with Gasteiger partial charge in [-0.25, -0.2) is 0 Å². The van der Waals surface area contributed by atoms with Gasteiger partial charge in [0.1, 0.15) is 46.9 Å². The maximum absolute atomic E-state index is 9.68. The SMILES string of the molecule is COc1ccc2c(c1)CCc1cc(OC)ccc1C(=C(C#N)C#N)C2=C(C#N)C#N. The fourth-order valence-corrected chi connectivity index (χ4v) is 3.63. The molecule has 30 heavy (non-hydrogen) atoms. The van der Waals surface area contributed by atoms with Gasteiger partial charge in [-0.2, -0.15) is 21.0 Å². The smallest absolute Gasteiger partial charge is 0.138 e. The molecule has 0 radical (unpaired) electrons. The second-order valence-corrected chi connectivity index (χ2v) is 6.49. The van der Waals surface area contributed by atoms with E-state index < -0.39 is 0 Å². The van der Waals surface area contributed by atoms with E-state index in [0.717, 1.165) is 11.1 Å². The van der Waals surface area contributed by atoms with Gasteiger partial charge in [-0.3, -0.25) is 0 Å². The van der Waals surface area contributed by atoms with Crippen molar-refractivity contribution in [3.05, 3.63) is 69.8 Å². The predicted octanol–water partition coefficient (Wildman–Crippen LogP) is 4.10. The first-order valence-corrected chi connectivity index (χ1v) is 9.05. The maximum atomic E-state index is 9.68. The van der Waals surface area contributed by atoms with Crippen molar-refractivity contribution in [3.8, 4) is 35.8 Å². The van der Waals surface area contributed by atoms with E-state index in [9.17, 15) is 21.0 Å². The molecule has 0 saturated heterocycles. The van der Waals surface area contributed by atoms with Crippen LogP contribution in [0.1, 0.15) is 22.3 Å². The first-order valence-electron chi connectivity index (χ1n) is 9.05. The van der Waals surface area contributed by atoms with Gasteiger partial charge >= 0.3 is 0 Å². The fourth-order valence-electron chi connectivity index (χ4n) is 3.63. The number of allylic oxidation sites excluding steroid dienone is 4. The van der Waals surface area contributed by atoms with E-state index in [2.05, 4.69) is 0 Å². The lowest BCUT2D eigenvalue weighted by Gasteiger charge is -2.23. The fraction of sp³-hybridized carbons (Fsp3) is 0.167. The second-order valence-electron chi connectivity index (χ2n) is 6.49. The molecule has 6 nitrogen and oxygen atoms in total. The zero-order valence-electron chi connectivity index (χ0n) is 16.5. The highest BCUT2D eigenvalue weighted by Crippen LogP contribution is 2.42. The molecule has 0 aliphatic heterocycles. The molecule has 3 rings (SSSR count). The van der Waals surface area contributed by atoms with E-state index in [4.69, 9.17) is 9.47 Å². The van der Waals surface area contributed by atoms with Gasteiger partial charge in [0.05, 0.1) is 14.2 Å². The van der Waals surface area contributed by atoms with Gasteiger partial charge in [-0.15, -0.1) is 0 Å². The van der Waals surface area contributed by atoms with Crippen molar-refractivity contribution in [1.29, 1.82) is 21.0 Å². The van der Waals surface area contributed by atoms with Crippen LogP contribution in [0.3, 0.4) is 0 Å². The Kier molecular flexibility index (Phi) is 5.84. The quantitative estimate of drug-likeness (QED) is 0.711. The summed E-state index contributed by atoms with van der Waals surface area (Å²) >= 11 is 0. The zero-order valence-corrected chi connectivity index (χ0v) is 16.5.